The average Bonchev–Trinajstić information content (AvgIpc) is 2.90. The van der Waals surface area contributed by atoms with Crippen molar-refractivity contribution in [3.8, 4) is 0 Å². The topological polar surface area (TPSA) is 61.2 Å². The molecule has 0 fully saturated rings. The molecule has 7 heteroatoms. The third kappa shape index (κ3) is 3.34. The number of hydrogen-bond donors (Lipinski definition) is 0. The van der Waals surface area contributed by atoms with Gasteiger partial charge in [0, 0.05) is 17.7 Å². The van der Waals surface area contributed by atoms with Gasteiger partial charge in [0.2, 0.25) is 0 Å². The standard InChI is InChI=1S/C18H18N2O3S2/c1-10-11(2)25-15-14(10)16(21)20(3)18(19-15)24-9-12-6-5-7-13(8-12)17(22)23-4/h5-8H,9H2,1-4H3. The molecule has 0 radical (unpaired) electrons. The number of ether oxygens (including phenoxy) is 1. The lowest BCUT2D eigenvalue weighted by Crippen LogP contribution is -2.19. The number of esters is 1. The Labute approximate surface area is 153 Å². The molecule has 25 heavy (non-hydrogen) atoms. The molecule has 1 aromatic carbocycles. The van der Waals surface area contributed by atoms with Crippen LogP contribution in [0.2, 0.25) is 0 Å². The molecule has 0 aliphatic rings. The van der Waals surface area contributed by atoms with Crippen LogP contribution in [0.3, 0.4) is 0 Å². The Kier molecular flexibility index (Phi) is 4.96. The largest absolute Gasteiger partial charge is 0.465 e. The van der Waals surface area contributed by atoms with Gasteiger partial charge in [-0.15, -0.1) is 11.3 Å². The summed E-state index contributed by atoms with van der Waals surface area (Å²) in [6.45, 7) is 3.97. The summed E-state index contributed by atoms with van der Waals surface area (Å²) < 4.78 is 6.34. The first-order valence-corrected chi connectivity index (χ1v) is 9.49. The number of fused-ring (bicyclic) bond motifs is 1. The quantitative estimate of drug-likeness (QED) is 0.396. The first kappa shape index (κ1) is 17.7. The molecule has 3 aromatic rings. The van der Waals surface area contributed by atoms with Crippen molar-refractivity contribution in [1.82, 2.24) is 9.55 Å². The van der Waals surface area contributed by atoms with Gasteiger partial charge in [0.25, 0.3) is 5.56 Å². The van der Waals surface area contributed by atoms with Gasteiger partial charge in [-0.05, 0) is 37.1 Å². The van der Waals surface area contributed by atoms with Crippen LogP contribution in [0.15, 0.2) is 34.2 Å². The average molecular weight is 374 g/mol. The highest BCUT2D eigenvalue weighted by molar-refractivity contribution is 7.98. The molecular weight excluding hydrogens is 356 g/mol. The minimum Gasteiger partial charge on any atom is -0.465 e. The van der Waals surface area contributed by atoms with E-state index in [4.69, 9.17) is 4.74 Å². The molecule has 0 atom stereocenters. The molecule has 2 aromatic heterocycles. The van der Waals surface area contributed by atoms with Gasteiger partial charge in [-0.1, -0.05) is 23.9 Å². The summed E-state index contributed by atoms with van der Waals surface area (Å²) >= 11 is 3.03. The van der Waals surface area contributed by atoms with Crippen LogP contribution in [0, 0.1) is 13.8 Å². The van der Waals surface area contributed by atoms with E-state index in [1.807, 2.05) is 26.0 Å². The number of methoxy groups -OCH3 is 1. The number of thiophene rings is 1. The van der Waals surface area contributed by atoms with E-state index < -0.39 is 0 Å². The second-order valence-corrected chi connectivity index (χ2v) is 7.85. The maximum Gasteiger partial charge on any atom is 0.337 e. The summed E-state index contributed by atoms with van der Waals surface area (Å²) in [5.74, 6) is 0.253. The molecule has 0 saturated heterocycles. The number of rotatable bonds is 4. The fourth-order valence-corrected chi connectivity index (χ4v) is 4.52. The fourth-order valence-electron chi connectivity index (χ4n) is 2.54. The molecule has 130 valence electrons. The number of thioether (sulfide) groups is 1. The van der Waals surface area contributed by atoms with E-state index in [2.05, 4.69) is 4.98 Å². The van der Waals surface area contributed by atoms with Gasteiger partial charge in [-0.25, -0.2) is 9.78 Å². The Morgan fingerprint density at radius 3 is 2.84 bits per heavy atom. The maximum atomic E-state index is 12.6. The third-order valence-corrected chi connectivity index (χ3v) is 6.29. The first-order chi connectivity index (χ1) is 11.9. The SMILES string of the molecule is COC(=O)c1cccc(CSc2nc3sc(C)c(C)c3c(=O)n2C)c1. The minimum atomic E-state index is -0.358. The van der Waals surface area contributed by atoms with Crippen LogP contribution < -0.4 is 5.56 Å². The number of benzene rings is 1. The zero-order valence-corrected chi connectivity index (χ0v) is 16.1. The summed E-state index contributed by atoms with van der Waals surface area (Å²) in [4.78, 5) is 30.8. The second kappa shape index (κ2) is 7.01. The zero-order chi connectivity index (χ0) is 18.1. The van der Waals surface area contributed by atoms with Gasteiger partial charge in [-0.2, -0.15) is 0 Å². The normalized spacial score (nSPS) is 11.0. The van der Waals surface area contributed by atoms with Crippen LogP contribution in [0.1, 0.15) is 26.4 Å². The predicted octanol–water partition coefficient (Wildman–Crippen LogP) is 3.69. The number of aromatic nitrogens is 2. The highest BCUT2D eigenvalue weighted by Crippen LogP contribution is 2.29. The molecule has 0 bridgehead atoms. The summed E-state index contributed by atoms with van der Waals surface area (Å²) in [7, 11) is 3.11. The summed E-state index contributed by atoms with van der Waals surface area (Å²) in [6, 6.07) is 7.28. The van der Waals surface area contributed by atoms with Crippen molar-refractivity contribution in [3.05, 3.63) is 56.2 Å². The molecular formula is C18H18N2O3S2. The van der Waals surface area contributed by atoms with Gasteiger partial charge < -0.3 is 4.74 Å². The summed E-state index contributed by atoms with van der Waals surface area (Å²) in [6.07, 6.45) is 0. The van der Waals surface area contributed by atoms with E-state index >= 15 is 0 Å². The molecule has 0 spiro atoms. The van der Waals surface area contributed by atoms with Crippen LogP contribution in [0.25, 0.3) is 10.2 Å². The molecule has 2 heterocycles. The van der Waals surface area contributed by atoms with E-state index in [-0.39, 0.29) is 11.5 Å². The number of carbonyl (C=O) groups excluding carboxylic acids is 1. The van der Waals surface area contributed by atoms with Gasteiger partial charge in [-0.3, -0.25) is 9.36 Å². The third-order valence-electron chi connectivity index (χ3n) is 4.09. The number of hydrogen-bond acceptors (Lipinski definition) is 6. The molecule has 3 rings (SSSR count). The van der Waals surface area contributed by atoms with E-state index in [9.17, 15) is 9.59 Å². The van der Waals surface area contributed by atoms with Gasteiger partial charge in [0.05, 0.1) is 18.1 Å². The number of carbonyl (C=O) groups is 1. The number of aryl methyl sites for hydroxylation is 2. The Morgan fingerprint density at radius 2 is 2.12 bits per heavy atom. The van der Waals surface area contributed by atoms with Gasteiger partial charge in [0.1, 0.15) is 4.83 Å². The molecule has 5 nitrogen and oxygen atoms in total. The fraction of sp³-hybridized carbons (Fsp3) is 0.278. The lowest BCUT2D eigenvalue weighted by Gasteiger charge is -2.08. The monoisotopic (exact) mass is 374 g/mol. The van der Waals surface area contributed by atoms with E-state index in [1.165, 1.54) is 18.9 Å². The minimum absolute atomic E-state index is 0.0161. The lowest BCUT2D eigenvalue weighted by atomic mass is 10.1. The van der Waals surface area contributed by atoms with E-state index in [0.717, 1.165) is 20.8 Å². The van der Waals surface area contributed by atoms with E-state index in [1.54, 1.807) is 35.1 Å². The molecule has 0 saturated carbocycles. The smallest absolute Gasteiger partial charge is 0.337 e. The van der Waals surface area contributed by atoms with E-state index in [0.29, 0.717) is 21.9 Å². The lowest BCUT2D eigenvalue weighted by molar-refractivity contribution is 0.0600. The van der Waals surface area contributed by atoms with Gasteiger partial charge >= 0.3 is 5.97 Å². The Balaban J connectivity index is 1.90. The Morgan fingerprint density at radius 1 is 1.36 bits per heavy atom. The highest BCUT2D eigenvalue weighted by atomic mass is 32.2. The zero-order valence-electron chi connectivity index (χ0n) is 14.5. The Bertz CT molecular complexity index is 1020. The van der Waals surface area contributed by atoms with Gasteiger partial charge in [0.15, 0.2) is 5.16 Å². The van der Waals surface area contributed by atoms with Crippen molar-refractivity contribution in [2.75, 3.05) is 7.11 Å². The number of nitrogens with zero attached hydrogens (tertiary/aromatic N) is 2. The van der Waals surface area contributed by atoms with Crippen LogP contribution in [0.5, 0.6) is 0 Å². The summed E-state index contributed by atoms with van der Waals surface area (Å²) in [5.41, 5.74) is 2.48. The van der Waals surface area contributed by atoms with Crippen molar-refractivity contribution in [3.63, 3.8) is 0 Å². The van der Waals surface area contributed by atoms with Crippen LogP contribution >= 0.6 is 23.1 Å². The first-order valence-electron chi connectivity index (χ1n) is 7.69. The van der Waals surface area contributed by atoms with Crippen LogP contribution in [-0.4, -0.2) is 22.6 Å². The Hall–Kier alpha value is -2.12. The predicted molar refractivity (Wildman–Crippen MR) is 102 cm³/mol. The molecule has 0 aliphatic carbocycles. The van der Waals surface area contributed by atoms with Crippen LogP contribution in [-0.2, 0) is 17.5 Å². The van der Waals surface area contributed by atoms with Crippen molar-refractivity contribution in [1.29, 1.82) is 0 Å². The highest BCUT2D eigenvalue weighted by Gasteiger charge is 2.15. The summed E-state index contributed by atoms with van der Waals surface area (Å²) in [5, 5.41) is 1.38. The van der Waals surface area contributed by atoms with Crippen molar-refractivity contribution in [2.24, 2.45) is 7.05 Å². The molecule has 0 N–H and O–H groups in total. The second-order valence-electron chi connectivity index (χ2n) is 5.70. The maximum absolute atomic E-state index is 12.6. The molecule has 0 unspecified atom stereocenters. The van der Waals surface area contributed by atoms with Crippen molar-refractivity contribution in [2.45, 2.75) is 24.8 Å². The molecule has 0 amide bonds. The van der Waals surface area contributed by atoms with Crippen molar-refractivity contribution < 1.29 is 9.53 Å². The van der Waals surface area contributed by atoms with Crippen molar-refractivity contribution >= 4 is 39.3 Å². The van der Waals surface area contributed by atoms with Crippen LogP contribution in [0.4, 0.5) is 0 Å². The molecule has 0 aliphatic heterocycles.